The molecule has 1 aliphatic carbocycles. The van der Waals surface area contributed by atoms with Crippen LogP contribution in [0.1, 0.15) is 44.3 Å². The second kappa shape index (κ2) is 5.67. The first-order valence-corrected chi connectivity index (χ1v) is 7.14. The molecule has 0 aromatic carbocycles. The van der Waals surface area contributed by atoms with Crippen molar-refractivity contribution in [1.82, 2.24) is 4.98 Å². The summed E-state index contributed by atoms with van der Waals surface area (Å²) in [6, 6.07) is -0.573. The predicted molar refractivity (Wildman–Crippen MR) is 71.7 cm³/mol. The van der Waals surface area contributed by atoms with Crippen LogP contribution in [0.15, 0.2) is 5.38 Å². The SMILES string of the molecule is CC1CCCC(Nc2nc(C(N)C(=O)O)cs2)C1. The van der Waals surface area contributed by atoms with Crippen molar-refractivity contribution in [2.75, 3.05) is 5.32 Å². The maximum atomic E-state index is 10.8. The Morgan fingerprint density at radius 3 is 3.11 bits per heavy atom. The van der Waals surface area contributed by atoms with Crippen molar-refractivity contribution in [3.8, 4) is 0 Å². The van der Waals surface area contributed by atoms with Gasteiger partial charge in [0.1, 0.15) is 6.04 Å². The van der Waals surface area contributed by atoms with Crippen LogP contribution < -0.4 is 11.1 Å². The highest BCUT2D eigenvalue weighted by molar-refractivity contribution is 7.13. The summed E-state index contributed by atoms with van der Waals surface area (Å²) in [4.78, 5) is 15.0. The first kappa shape index (κ1) is 13.3. The van der Waals surface area contributed by atoms with Gasteiger partial charge in [-0.3, -0.25) is 4.79 Å². The van der Waals surface area contributed by atoms with Crippen LogP contribution in [0.4, 0.5) is 5.13 Å². The average Bonchev–Trinajstić information content (AvgIpc) is 2.76. The molecule has 2 rings (SSSR count). The van der Waals surface area contributed by atoms with E-state index in [-0.39, 0.29) is 0 Å². The van der Waals surface area contributed by atoms with Gasteiger partial charge in [0.25, 0.3) is 0 Å². The van der Waals surface area contributed by atoms with Gasteiger partial charge in [0.2, 0.25) is 0 Å². The lowest BCUT2D eigenvalue weighted by molar-refractivity contribution is -0.138. The van der Waals surface area contributed by atoms with Crippen molar-refractivity contribution in [2.24, 2.45) is 11.7 Å². The highest BCUT2D eigenvalue weighted by atomic mass is 32.1. The Labute approximate surface area is 110 Å². The van der Waals surface area contributed by atoms with Gasteiger partial charge in [0.05, 0.1) is 5.69 Å². The maximum absolute atomic E-state index is 10.8. The molecule has 1 aromatic heterocycles. The lowest BCUT2D eigenvalue weighted by Gasteiger charge is -2.27. The van der Waals surface area contributed by atoms with E-state index >= 15 is 0 Å². The standard InChI is InChI=1S/C12H19N3O2S/c1-7-3-2-4-8(5-7)14-12-15-9(6-18-12)10(13)11(16)17/h6-8,10H,2-5,13H2,1H3,(H,14,15)(H,16,17). The Balaban J connectivity index is 1.96. The van der Waals surface area contributed by atoms with Crippen LogP contribution in [-0.4, -0.2) is 22.1 Å². The summed E-state index contributed by atoms with van der Waals surface area (Å²) >= 11 is 1.42. The van der Waals surface area contributed by atoms with Gasteiger partial charge in [-0.1, -0.05) is 19.8 Å². The first-order valence-electron chi connectivity index (χ1n) is 6.26. The van der Waals surface area contributed by atoms with Crippen molar-refractivity contribution in [3.63, 3.8) is 0 Å². The quantitative estimate of drug-likeness (QED) is 0.780. The molecule has 1 fully saturated rings. The van der Waals surface area contributed by atoms with Crippen LogP contribution in [0.25, 0.3) is 0 Å². The summed E-state index contributed by atoms with van der Waals surface area (Å²) in [6.45, 7) is 2.27. The van der Waals surface area contributed by atoms with Gasteiger partial charge in [-0.25, -0.2) is 4.98 Å². The Morgan fingerprint density at radius 1 is 1.67 bits per heavy atom. The van der Waals surface area contributed by atoms with Crippen LogP contribution in [-0.2, 0) is 4.79 Å². The van der Waals surface area contributed by atoms with E-state index in [0.717, 1.165) is 23.9 Å². The topological polar surface area (TPSA) is 88.2 Å². The van der Waals surface area contributed by atoms with Gasteiger partial charge in [-0.05, 0) is 18.8 Å². The molecular weight excluding hydrogens is 250 g/mol. The van der Waals surface area contributed by atoms with Gasteiger partial charge in [0.15, 0.2) is 5.13 Å². The van der Waals surface area contributed by atoms with E-state index in [1.807, 2.05) is 0 Å². The fourth-order valence-corrected chi connectivity index (χ4v) is 3.19. The normalized spacial score (nSPS) is 25.7. The molecule has 6 heteroatoms. The van der Waals surface area contributed by atoms with Crippen molar-refractivity contribution < 1.29 is 9.90 Å². The average molecular weight is 269 g/mol. The summed E-state index contributed by atoms with van der Waals surface area (Å²) in [6.07, 6.45) is 4.85. The molecule has 4 N–H and O–H groups in total. The second-order valence-electron chi connectivity index (χ2n) is 5.01. The molecule has 0 spiro atoms. The van der Waals surface area contributed by atoms with Crippen LogP contribution in [0, 0.1) is 5.92 Å². The number of carbonyl (C=O) groups is 1. The van der Waals surface area contributed by atoms with E-state index < -0.39 is 12.0 Å². The van der Waals surface area contributed by atoms with E-state index in [9.17, 15) is 4.79 Å². The smallest absolute Gasteiger partial charge is 0.326 e. The Kier molecular flexibility index (Phi) is 4.19. The van der Waals surface area contributed by atoms with E-state index in [0.29, 0.717) is 11.7 Å². The third-order valence-corrected chi connectivity index (χ3v) is 4.16. The highest BCUT2D eigenvalue weighted by Crippen LogP contribution is 2.28. The van der Waals surface area contributed by atoms with Crippen LogP contribution in [0.3, 0.4) is 0 Å². The minimum atomic E-state index is -1.04. The molecule has 3 atom stereocenters. The number of nitrogens with two attached hydrogens (primary N) is 1. The first-order chi connectivity index (χ1) is 8.56. The summed E-state index contributed by atoms with van der Waals surface area (Å²) < 4.78 is 0. The summed E-state index contributed by atoms with van der Waals surface area (Å²) in [5.41, 5.74) is 5.95. The number of rotatable bonds is 4. The summed E-state index contributed by atoms with van der Waals surface area (Å²) in [5.74, 6) is -0.296. The molecule has 5 nitrogen and oxygen atoms in total. The molecule has 3 unspecified atom stereocenters. The Hall–Kier alpha value is -1.14. The molecule has 0 aliphatic heterocycles. The number of aliphatic carboxylic acids is 1. The summed E-state index contributed by atoms with van der Waals surface area (Å²) in [7, 11) is 0. The minimum Gasteiger partial charge on any atom is -0.480 e. The molecule has 1 aromatic rings. The molecule has 1 saturated carbocycles. The number of nitrogens with one attached hydrogen (secondary N) is 1. The van der Waals surface area contributed by atoms with Crippen molar-refractivity contribution >= 4 is 22.4 Å². The fourth-order valence-electron chi connectivity index (χ4n) is 2.36. The molecular formula is C12H19N3O2S. The van der Waals surface area contributed by atoms with Crippen molar-refractivity contribution in [3.05, 3.63) is 11.1 Å². The molecule has 0 radical (unpaired) electrons. The van der Waals surface area contributed by atoms with Gasteiger partial charge >= 0.3 is 5.97 Å². The third-order valence-electron chi connectivity index (χ3n) is 3.37. The molecule has 0 saturated heterocycles. The number of hydrogen-bond donors (Lipinski definition) is 3. The van der Waals surface area contributed by atoms with E-state index in [4.69, 9.17) is 10.8 Å². The van der Waals surface area contributed by atoms with E-state index in [1.165, 1.54) is 24.2 Å². The number of carboxylic acids is 1. The van der Waals surface area contributed by atoms with Crippen LogP contribution >= 0.6 is 11.3 Å². The maximum Gasteiger partial charge on any atom is 0.326 e. The third kappa shape index (κ3) is 3.20. The molecule has 0 bridgehead atoms. The van der Waals surface area contributed by atoms with Crippen molar-refractivity contribution in [2.45, 2.75) is 44.7 Å². The van der Waals surface area contributed by atoms with Crippen LogP contribution in [0.2, 0.25) is 0 Å². The zero-order valence-corrected chi connectivity index (χ0v) is 11.2. The fraction of sp³-hybridized carbons (Fsp3) is 0.667. The highest BCUT2D eigenvalue weighted by Gasteiger charge is 2.21. The second-order valence-corrected chi connectivity index (χ2v) is 5.86. The number of thiazole rings is 1. The Bertz CT molecular complexity index is 421. The molecule has 0 amide bonds. The van der Waals surface area contributed by atoms with Gasteiger partial charge in [-0.2, -0.15) is 0 Å². The molecule has 1 heterocycles. The molecule has 100 valence electrons. The lowest BCUT2D eigenvalue weighted by Crippen LogP contribution is -2.26. The summed E-state index contributed by atoms with van der Waals surface area (Å²) in [5, 5.41) is 14.7. The number of aromatic nitrogens is 1. The van der Waals surface area contributed by atoms with Crippen LogP contribution in [0.5, 0.6) is 0 Å². The molecule has 1 aliphatic rings. The van der Waals surface area contributed by atoms with E-state index in [2.05, 4.69) is 17.2 Å². The number of hydrogen-bond acceptors (Lipinski definition) is 5. The van der Waals surface area contributed by atoms with Gasteiger partial charge in [0, 0.05) is 11.4 Å². The Morgan fingerprint density at radius 2 is 2.44 bits per heavy atom. The largest absolute Gasteiger partial charge is 0.480 e. The lowest BCUT2D eigenvalue weighted by atomic mass is 9.87. The number of anilines is 1. The molecule has 18 heavy (non-hydrogen) atoms. The number of nitrogens with zero attached hydrogens (tertiary/aromatic N) is 1. The van der Waals surface area contributed by atoms with Gasteiger partial charge in [-0.15, -0.1) is 11.3 Å². The zero-order chi connectivity index (χ0) is 13.1. The monoisotopic (exact) mass is 269 g/mol. The predicted octanol–water partition coefficient (Wildman–Crippen LogP) is 2.22. The zero-order valence-electron chi connectivity index (χ0n) is 10.4. The van der Waals surface area contributed by atoms with E-state index in [1.54, 1.807) is 5.38 Å². The van der Waals surface area contributed by atoms with Crippen molar-refractivity contribution in [1.29, 1.82) is 0 Å². The number of carboxylic acid groups (broad SMARTS) is 1. The minimum absolute atomic E-state index is 0.429. The van der Waals surface area contributed by atoms with Gasteiger partial charge < -0.3 is 16.2 Å².